The number of H-pyrrole nitrogens is 1. The van der Waals surface area contributed by atoms with Gasteiger partial charge >= 0.3 is 0 Å². The molecule has 1 aromatic heterocycles. The Morgan fingerprint density at radius 1 is 0.929 bits per heavy atom. The number of fused-ring (bicyclic) bond motifs is 1. The second kappa shape index (κ2) is 7.62. The molecular weight excluding hydrogens is 440 g/mol. The van der Waals surface area contributed by atoms with E-state index in [0.717, 1.165) is 0 Å². The summed E-state index contributed by atoms with van der Waals surface area (Å²) in [5, 5.41) is 4.15. The van der Waals surface area contributed by atoms with Crippen molar-refractivity contribution < 1.29 is 9.59 Å². The number of ketones is 1. The summed E-state index contributed by atoms with van der Waals surface area (Å²) in [4.78, 5) is 29.1. The quantitative estimate of drug-likeness (QED) is 0.369. The Balaban J connectivity index is 1.83. The molecule has 2 N–H and O–H groups in total. The molecule has 1 heterocycles. The van der Waals surface area contributed by atoms with Gasteiger partial charge in [0.05, 0.1) is 11.3 Å². The van der Waals surface area contributed by atoms with Crippen molar-refractivity contribution in [3.05, 3.63) is 99.1 Å². The molecule has 1 amide bonds. The molecule has 0 bridgehead atoms. The second-order valence-corrected chi connectivity index (χ2v) is 7.48. The van der Waals surface area contributed by atoms with Crippen LogP contribution in [0.4, 0.5) is 5.69 Å². The van der Waals surface area contributed by atoms with Crippen LogP contribution in [0.2, 0.25) is 5.02 Å². The normalized spacial score (nSPS) is 10.8. The Morgan fingerprint density at radius 3 is 2.39 bits per heavy atom. The minimum atomic E-state index is -0.314. The number of carbonyl (C=O) groups excluding carboxylic acids is 2. The number of aromatic nitrogens is 1. The molecule has 4 rings (SSSR count). The zero-order valence-corrected chi connectivity index (χ0v) is 16.8. The summed E-state index contributed by atoms with van der Waals surface area (Å²) < 4.78 is 0.673. The highest BCUT2D eigenvalue weighted by Crippen LogP contribution is 2.32. The van der Waals surface area contributed by atoms with Crippen molar-refractivity contribution in [2.24, 2.45) is 0 Å². The minimum absolute atomic E-state index is 0.213. The lowest BCUT2D eigenvalue weighted by Crippen LogP contribution is -2.15. The number of aromatic amines is 1. The lowest BCUT2D eigenvalue weighted by atomic mass is 10.1. The minimum Gasteiger partial charge on any atom is -0.350 e. The van der Waals surface area contributed by atoms with Gasteiger partial charge in [0.15, 0.2) is 0 Å². The Kier molecular flexibility index (Phi) is 5.03. The van der Waals surface area contributed by atoms with Gasteiger partial charge in [0.2, 0.25) is 5.78 Å². The van der Waals surface area contributed by atoms with E-state index in [1.807, 2.05) is 12.1 Å². The number of hydrogen-bond acceptors (Lipinski definition) is 2. The van der Waals surface area contributed by atoms with E-state index in [2.05, 4.69) is 26.2 Å². The SMILES string of the molecule is O=C(Nc1c(C(=O)c2ccccc2)[nH]c2cc(Cl)ccc12)c1ccccc1Br. The molecule has 4 nitrogen and oxygen atoms in total. The highest BCUT2D eigenvalue weighted by Gasteiger charge is 2.22. The van der Waals surface area contributed by atoms with Crippen LogP contribution in [0.5, 0.6) is 0 Å². The van der Waals surface area contributed by atoms with Crippen molar-refractivity contribution in [2.45, 2.75) is 0 Å². The number of amides is 1. The summed E-state index contributed by atoms with van der Waals surface area (Å²) in [5.74, 6) is -0.527. The molecule has 0 spiro atoms. The Hall–Kier alpha value is -2.89. The largest absolute Gasteiger partial charge is 0.350 e. The highest BCUT2D eigenvalue weighted by atomic mass is 79.9. The molecule has 0 aliphatic heterocycles. The summed E-state index contributed by atoms with van der Waals surface area (Å²) in [7, 11) is 0. The average molecular weight is 454 g/mol. The molecule has 4 aromatic rings. The van der Waals surface area contributed by atoms with Crippen molar-refractivity contribution in [2.75, 3.05) is 5.32 Å². The fourth-order valence-corrected chi connectivity index (χ4v) is 3.67. The van der Waals surface area contributed by atoms with Crippen LogP contribution in [-0.2, 0) is 0 Å². The van der Waals surface area contributed by atoms with Gasteiger partial charge < -0.3 is 10.3 Å². The lowest BCUT2D eigenvalue weighted by molar-refractivity contribution is 0.102. The number of nitrogens with one attached hydrogen (secondary N) is 2. The first-order valence-corrected chi connectivity index (χ1v) is 9.68. The van der Waals surface area contributed by atoms with E-state index in [-0.39, 0.29) is 11.7 Å². The number of hydrogen-bond donors (Lipinski definition) is 2. The maximum absolute atomic E-state index is 13.1. The Bertz CT molecular complexity index is 1200. The summed E-state index contributed by atoms with van der Waals surface area (Å²) in [5.41, 5.74) is 2.42. The predicted octanol–water partition coefficient (Wildman–Crippen LogP) is 6.07. The van der Waals surface area contributed by atoms with E-state index in [4.69, 9.17) is 11.6 Å². The number of anilines is 1. The zero-order chi connectivity index (χ0) is 19.7. The van der Waals surface area contributed by atoms with Crippen LogP contribution in [-0.4, -0.2) is 16.7 Å². The average Bonchev–Trinajstić information content (AvgIpc) is 3.05. The van der Waals surface area contributed by atoms with Gasteiger partial charge in [0, 0.05) is 26.0 Å². The molecule has 0 fully saturated rings. The van der Waals surface area contributed by atoms with Gasteiger partial charge in [-0.2, -0.15) is 0 Å². The first-order valence-electron chi connectivity index (χ1n) is 8.51. The molecule has 0 saturated heterocycles. The van der Waals surface area contributed by atoms with Crippen molar-refractivity contribution in [1.29, 1.82) is 0 Å². The van der Waals surface area contributed by atoms with Crippen molar-refractivity contribution in [1.82, 2.24) is 4.98 Å². The van der Waals surface area contributed by atoms with Crippen LogP contribution in [0.1, 0.15) is 26.4 Å². The van der Waals surface area contributed by atoms with Gasteiger partial charge in [-0.25, -0.2) is 0 Å². The first kappa shape index (κ1) is 18.5. The van der Waals surface area contributed by atoms with E-state index in [1.165, 1.54) is 0 Å². The van der Waals surface area contributed by atoms with Gasteiger partial charge in [-0.05, 0) is 46.3 Å². The summed E-state index contributed by atoms with van der Waals surface area (Å²) in [6.45, 7) is 0. The molecule has 3 aromatic carbocycles. The van der Waals surface area contributed by atoms with Crippen LogP contribution in [0.25, 0.3) is 10.9 Å². The predicted molar refractivity (Wildman–Crippen MR) is 115 cm³/mol. The van der Waals surface area contributed by atoms with Gasteiger partial charge in [-0.15, -0.1) is 0 Å². The third kappa shape index (κ3) is 3.46. The van der Waals surface area contributed by atoms with Crippen LogP contribution in [0.3, 0.4) is 0 Å². The molecule has 0 radical (unpaired) electrons. The zero-order valence-electron chi connectivity index (χ0n) is 14.5. The topological polar surface area (TPSA) is 62.0 Å². The molecule has 0 aliphatic rings. The number of halogens is 2. The van der Waals surface area contributed by atoms with Crippen LogP contribution < -0.4 is 5.32 Å². The van der Waals surface area contributed by atoms with E-state index in [9.17, 15) is 9.59 Å². The summed E-state index contributed by atoms with van der Waals surface area (Å²) in [6, 6.07) is 21.3. The van der Waals surface area contributed by atoms with E-state index in [0.29, 0.717) is 42.9 Å². The molecule has 0 unspecified atom stereocenters. The maximum Gasteiger partial charge on any atom is 0.256 e. The van der Waals surface area contributed by atoms with Gasteiger partial charge in [0.25, 0.3) is 5.91 Å². The second-order valence-electron chi connectivity index (χ2n) is 6.19. The van der Waals surface area contributed by atoms with Crippen molar-refractivity contribution in [3.8, 4) is 0 Å². The Morgan fingerprint density at radius 2 is 1.64 bits per heavy atom. The summed E-state index contributed by atoms with van der Waals surface area (Å²) in [6.07, 6.45) is 0. The number of carbonyl (C=O) groups is 2. The monoisotopic (exact) mass is 452 g/mol. The fraction of sp³-hybridized carbons (Fsp3) is 0. The van der Waals surface area contributed by atoms with E-state index in [1.54, 1.807) is 60.7 Å². The molecule has 138 valence electrons. The smallest absolute Gasteiger partial charge is 0.256 e. The lowest BCUT2D eigenvalue weighted by Gasteiger charge is -2.09. The van der Waals surface area contributed by atoms with E-state index < -0.39 is 0 Å². The molecule has 0 aliphatic carbocycles. The van der Waals surface area contributed by atoms with Crippen LogP contribution >= 0.6 is 27.5 Å². The van der Waals surface area contributed by atoms with Gasteiger partial charge in [-0.3, -0.25) is 9.59 Å². The first-order chi connectivity index (χ1) is 13.5. The van der Waals surface area contributed by atoms with Crippen LogP contribution in [0.15, 0.2) is 77.3 Å². The number of benzene rings is 3. The fourth-order valence-electron chi connectivity index (χ4n) is 3.03. The third-order valence-electron chi connectivity index (χ3n) is 4.38. The molecule has 6 heteroatoms. The van der Waals surface area contributed by atoms with Gasteiger partial charge in [-0.1, -0.05) is 54.1 Å². The maximum atomic E-state index is 13.1. The molecular formula is C22H14BrClN2O2. The standard InChI is InChI=1S/C22H14BrClN2O2/c23-17-9-5-4-8-15(17)22(28)26-19-16-11-10-14(24)12-18(16)25-20(19)21(27)13-6-2-1-3-7-13/h1-12,25H,(H,26,28). The van der Waals surface area contributed by atoms with E-state index >= 15 is 0 Å². The number of rotatable bonds is 4. The third-order valence-corrected chi connectivity index (χ3v) is 5.31. The van der Waals surface area contributed by atoms with Gasteiger partial charge in [0.1, 0.15) is 5.69 Å². The molecule has 0 atom stereocenters. The Labute approximate surface area is 174 Å². The summed E-state index contributed by atoms with van der Waals surface area (Å²) >= 11 is 9.49. The van der Waals surface area contributed by atoms with Crippen molar-refractivity contribution >= 4 is 55.8 Å². The van der Waals surface area contributed by atoms with Crippen molar-refractivity contribution in [3.63, 3.8) is 0 Å². The molecule has 0 saturated carbocycles. The highest BCUT2D eigenvalue weighted by molar-refractivity contribution is 9.10. The van der Waals surface area contributed by atoms with Crippen LogP contribution in [0, 0.1) is 0 Å². The molecule has 28 heavy (non-hydrogen) atoms.